The van der Waals surface area contributed by atoms with Crippen LogP contribution in [-0.4, -0.2) is 37.2 Å². The molecular weight excluding hydrogens is 426 g/mol. The lowest BCUT2D eigenvalue weighted by molar-refractivity contribution is 0.0940. The third kappa shape index (κ3) is 5.87. The zero-order valence-corrected chi connectivity index (χ0v) is 19.5. The molecule has 5 nitrogen and oxygen atoms in total. The summed E-state index contributed by atoms with van der Waals surface area (Å²) < 4.78 is 5.42. The molecule has 162 valence electrons. The van der Waals surface area contributed by atoms with Crippen molar-refractivity contribution >= 4 is 34.7 Å². The van der Waals surface area contributed by atoms with Crippen LogP contribution in [0.5, 0.6) is 0 Å². The first kappa shape index (κ1) is 21.9. The number of morpholine rings is 1. The van der Waals surface area contributed by atoms with Gasteiger partial charge < -0.3 is 15.0 Å². The summed E-state index contributed by atoms with van der Waals surface area (Å²) in [7, 11) is 0. The second-order valence-electron chi connectivity index (χ2n) is 7.56. The number of ether oxygens (including phenoxy) is 1. The van der Waals surface area contributed by atoms with Gasteiger partial charge in [-0.15, -0.1) is 23.1 Å². The van der Waals surface area contributed by atoms with Gasteiger partial charge in [0.05, 0.1) is 30.0 Å². The quantitative estimate of drug-likeness (QED) is 0.506. The molecule has 1 fully saturated rings. The average Bonchev–Trinajstić information content (AvgIpc) is 3.23. The van der Waals surface area contributed by atoms with Crippen LogP contribution in [-0.2, 0) is 10.5 Å². The van der Waals surface area contributed by atoms with E-state index in [-0.39, 0.29) is 11.9 Å². The second kappa shape index (κ2) is 10.3. The molecule has 1 aliphatic rings. The SMILES string of the molecule is Cc1nc(CSc2ccc(C(=O)NC(C)c3ccc(N4CCOCC4)cc3)cc2)cs1. The van der Waals surface area contributed by atoms with Crippen molar-refractivity contribution in [3.05, 3.63) is 75.7 Å². The van der Waals surface area contributed by atoms with E-state index in [9.17, 15) is 4.79 Å². The van der Waals surface area contributed by atoms with Gasteiger partial charge in [0.1, 0.15) is 0 Å². The van der Waals surface area contributed by atoms with Crippen molar-refractivity contribution in [1.82, 2.24) is 10.3 Å². The number of aryl methyl sites for hydroxylation is 1. The molecule has 4 rings (SSSR count). The summed E-state index contributed by atoms with van der Waals surface area (Å²) in [5.74, 6) is 0.782. The molecule has 7 heteroatoms. The van der Waals surface area contributed by atoms with Gasteiger partial charge in [-0.1, -0.05) is 12.1 Å². The first-order valence-electron chi connectivity index (χ1n) is 10.5. The Morgan fingerprint density at radius 1 is 1.16 bits per heavy atom. The third-order valence-electron chi connectivity index (χ3n) is 5.29. The van der Waals surface area contributed by atoms with Crippen LogP contribution in [0.2, 0.25) is 0 Å². The summed E-state index contributed by atoms with van der Waals surface area (Å²) in [6.45, 7) is 7.42. The monoisotopic (exact) mass is 453 g/mol. The smallest absolute Gasteiger partial charge is 0.251 e. The van der Waals surface area contributed by atoms with Crippen molar-refractivity contribution in [3.63, 3.8) is 0 Å². The van der Waals surface area contributed by atoms with Gasteiger partial charge in [0.15, 0.2) is 0 Å². The highest BCUT2D eigenvalue weighted by molar-refractivity contribution is 7.98. The van der Waals surface area contributed by atoms with Crippen molar-refractivity contribution in [3.8, 4) is 0 Å². The van der Waals surface area contributed by atoms with E-state index in [0.717, 1.165) is 53.2 Å². The maximum Gasteiger partial charge on any atom is 0.251 e. The number of aromatic nitrogens is 1. The average molecular weight is 454 g/mol. The molecular formula is C24H27N3O2S2. The van der Waals surface area contributed by atoms with E-state index < -0.39 is 0 Å². The minimum Gasteiger partial charge on any atom is -0.378 e. The largest absolute Gasteiger partial charge is 0.378 e. The van der Waals surface area contributed by atoms with Crippen LogP contribution in [0.4, 0.5) is 5.69 Å². The number of nitrogens with zero attached hydrogens (tertiary/aromatic N) is 2. The van der Waals surface area contributed by atoms with Gasteiger partial charge in [-0.2, -0.15) is 0 Å². The zero-order chi connectivity index (χ0) is 21.6. The molecule has 0 spiro atoms. The molecule has 1 saturated heterocycles. The number of thiazole rings is 1. The van der Waals surface area contributed by atoms with Crippen LogP contribution < -0.4 is 10.2 Å². The van der Waals surface area contributed by atoms with E-state index in [1.165, 1.54) is 5.69 Å². The predicted molar refractivity (Wildman–Crippen MR) is 128 cm³/mol. The molecule has 0 bridgehead atoms. The maximum atomic E-state index is 12.7. The maximum absolute atomic E-state index is 12.7. The van der Waals surface area contributed by atoms with Crippen LogP contribution in [0.25, 0.3) is 0 Å². The molecule has 0 radical (unpaired) electrons. The normalized spacial score (nSPS) is 15.0. The number of amides is 1. The number of rotatable bonds is 7. The molecule has 1 N–H and O–H groups in total. The Morgan fingerprint density at radius 2 is 1.87 bits per heavy atom. The van der Waals surface area contributed by atoms with E-state index >= 15 is 0 Å². The summed E-state index contributed by atoms with van der Waals surface area (Å²) in [6.07, 6.45) is 0. The van der Waals surface area contributed by atoms with Gasteiger partial charge in [0, 0.05) is 40.4 Å². The van der Waals surface area contributed by atoms with Gasteiger partial charge in [0.2, 0.25) is 0 Å². The molecule has 1 amide bonds. The Bertz CT molecular complexity index is 996. The van der Waals surface area contributed by atoms with E-state index in [1.807, 2.05) is 38.1 Å². The molecule has 31 heavy (non-hydrogen) atoms. The molecule has 0 aliphatic carbocycles. The number of thioether (sulfide) groups is 1. The van der Waals surface area contributed by atoms with Gasteiger partial charge >= 0.3 is 0 Å². The van der Waals surface area contributed by atoms with E-state index in [0.29, 0.717) is 5.56 Å². The summed E-state index contributed by atoms with van der Waals surface area (Å²) in [6, 6.07) is 16.1. The Hall–Kier alpha value is -2.35. The van der Waals surface area contributed by atoms with Crippen LogP contribution in [0, 0.1) is 6.92 Å². The first-order chi connectivity index (χ1) is 15.1. The molecule has 1 aromatic heterocycles. The highest BCUT2D eigenvalue weighted by Crippen LogP contribution is 2.24. The number of nitrogens with one attached hydrogen (secondary N) is 1. The van der Waals surface area contributed by atoms with Crippen molar-refractivity contribution < 1.29 is 9.53 Å². The van der Waals surface area contributed by atoms with E-state index in [2.05, 4.69) is 44.8 Å². The second-order valence-corrected chi connectivity index (χ2v) is 9.67. The van der Waals surface area contributed by atoms with Crippen LogP contribution >= 0.6 is 23.1 Å². The Balaban J connectivity index is 1.30. The fourth-order valence-electron chi connectivity index (χ4n) is 3.49. The Kier molecular flexibility index (Phi) is 7.27. The first-order valence-corrected chi connectivity index (χ1v) is 12.3. The van der Waals surface area contributed by atoms with Gasteiger partial charge in [-0.25, -0.2) is 4.98 Å². The fraction of sp³-hybridized carbons (Fsp3) is 0.333. The van der Waals surface area contributed by atoms with Gasteiger partial charge in [-0.05, 0) is 55.8 Å². The van der Waals surface area contributed by atoms with Crippen molar-refractivity contribution in [2.45, 2.75) is 30.5 Å². The summed E-state index contributed by atoms with van der Waals surface area (Å²) in [4.78, 5) is 20.6. The highest BCUT2D eigenvalue weighted by atomic mass is 32.2. The molecule has 2 aromatic carbocycles. The van der Waals surface area contributed by atoms with Crippen LogP contribution in [0.1, 0.15) is 39.6 Å². The number of benzene rings is 2. The molecule has 1 atom stereocenters. The number of anilines is 1. The molecule has 0 saturated carbocycles. The summed E-state index contributed by atoms with van der Waals surface area (Å²) in [5.41, 5.74) is 4.07. The third-order valence-corrected chi connectivity index (χ3v) is 7.15. The van der Waals surface area contributed by atoms with Gasteiger partial charge in [0.25, 0.3) is 5.91 Å². The predicted octanol–water partition coefficient (Wildman–Crippen LogP) is 5.07. The Morgan fingerprint density at radius 3 is 2.52 bits per heavy atom. The fourth-order valence-corrected chi connectivity index (χ4v) is 5.00. The van der Waals surface area contributed by atoms with Gasteiger partial charge in [-0.3, -0.25) is 4.79 Å². The molecule has 1 unspecified atom stereocenters. The highest BCUT2D eigenvalue weighted by Gasteiger charge is 2.14. The van der Waals surface area contributed by atoms with Crippen molar-refractivity contribution in [2.24, 2.45) is 0 Å². The number of carbonyl (C=O) groups excluding carboxylic acids is 1. The standard InChI is InChI=1S/C24H27N3O2S2/c1-17(19-3-7-22(8-4-19)27-11-13-29-14-12-27)25-24(28)20-5-9-23(10-6-20)31-16-21-15-30-18(2)26-21/h3-10,15,17H,11-14,16H2,1-2H3,(H,25,28). The van der Waals surface area contributed by atoms with E-state index in [1.54, 1.807) is 23.1 Å². The van der Waals surface area contributed by atoms with E-state index in [4.69, 9.17) is 4.74 Å². The molecule has 2 heterocycles. The lowest BCUT2D eigenvalue weighted by Crippen LogP contribution is -2.36. The Labute approximate surface area is 191 Å². The van der Waals surface area contributed by atoms with Crippen LogP contribution in [0.15, 0.2) is 58.8 Å². The number of hydrogen-bond acceptors (Lipinski definition) is 6. The molecule has 3 aromatic rings. The lowest BCUT2D eigenvalue weighted by atomic mass is 10.1. The molecule has 1 aliphatic heterocycles. The van der Waals surface area contributed by atoms with Crippen LogP contribution in [0.3, 0.4) is 0 Å². The summed E-state index contributed by atoms with van der Waals surface area (Å²) in [5, 5.41) is 6.29. The topological polar surface area (TPSA) is 54.5 Å². The number of hydrogen-bond donors (Lipinski definition) is 1. The summed E-state index contributed by atoms with van der Waals surface area (Å²) >= 11 is 3.40. The minimum atomic E-state index is -0.0619. The number of carbonyl (C=O) groups is 1. The minimum absolute atomic E-state index is 0.0589. The zero-order valence-electron chi connectivity index (χ0n) is 17.8. The lowest BCUT2D eigenvalue weighted by Gasteiger charge is -2.29. The van der Waals surface area contributed by atoms with Crippen molar-refractivity contribution in [2.75, 3.05) is 31.2 Å². The van der Waals surface area contributed by atoms with Crippen molar-refractivity contribution in [1.29, 1.82) is 0 Å².